The van der Waals surface area contributed by atoms with E-state index in [2.05, 4.69) is 19.1 Å². The van der Waals surface area contributed by atoms with E-state index in [0.29, 0.717) is 6.10 Å². The van der Waals surface area contributed by atoms with Crippen molar-refractivity contribution in [3.8, 4) is 5.75 Å². The third kappa shape index (κ3) is 1.74. The van der Waals surface area contributed by atoms with Crippen molar-refractivity contribution in [2.45, 2.75) is 43.9 Å². The molecule has 2 aliphatic rings. The van der Waals surface area contributed by atoms with Gasteiger partial charge in [0.25, 0.3) is 0 Å². The fourth-order valence-electron chi connectivity index (χ4n) is 3.02. The Hall–Kier alpha value is -1.06. The van der Waals surface area contributed by atoms with Gasteiger partial charge in [-0.3, -0.25) is 0 Å². The summed E-state index contributed by atoms with van der Waals surface area (Å²) in [4.78, 5) is 0. The minimum Gasteiger partial charge on any atom is -0.487 e. The van der Waals surface area contributed by atoms with Gasteiger partial charge in [0, 0.05) is 38.0 Å². The highest BCUT2D eigenvalue weighted by atomic mass is 16.5. The monoisotopic (exact) mass is 233 g/mol. The van der Waals surface area contributed by atoms with Crippen LogP contribution in [0.4, 0.5) is 0 Å². The maximum Gasteiger partial charge on any atom is 0.124 e. The Morgan fingerprint density at radius 1 is 1.35 bits per heavy atom. The van der Waals surface area contributed by atoms with Crippen molar-refractivity contribution in [2.75, 3.05) is 7.11 Å². The normalized spacial score (nSPS) is 35.0. The maximum absolute atomic E-state index is 6.27. The molecule has 1 aliphatic carbocycles. The first-order valence-electron chi connectivity index (χ1n) is 6.20. The van der Waals surface area contributed by atoms with E-state index in [0.717, 1.165) is 30.6 Å². The fraction of sp³-hybridized carbons (Fsp3) is 0.571. The summed E-state index contributed by atoms with van der Waals surface area (Å²) < 4.78 is 11.5. The van der Waals surface area contributed by atoms with Gasteiger partial charge in [-0.15, -0.1) is 0 Å². The van der Waals surface area contributed by atoms with Crippen molar-refractivity contribution in [1.29, 1.82) is 0 Å². The van der Waals surface area contributed by atoms with Crippen molar-refractivity contribution in [1.82, 2.24) is 0 Å². The van der Waals surface area contributed by atoms with Crippen LogP contribution in [0.15, 0.2) is 18.2 Å². The van der Waals surface area contributed by atoms with Crippen molar-refractivity contribution in [3.05, 3.63) is 29.3 Å². The van der Waals surface area contributed by atoms with Gasteiger partial charge < -0.3 is 15.2 Å². The highest BCUT2D eigenvalue weighted by Crippen LogP contribution is 2.49. The number of methoxy groups -OCH3 is 1. The summed E-state index contributed by atoms with van der Waals surface area (Å²) in [5.74, 6) is 0.962. The standard InChI is InChI=1S/C14H19NO2/c1-9-3-4-13-11(5-9)12(15)8-14(17-13)6-10(7-14)16-2/h3-5,10,12H,6-8,15H2,1-2H3/t10?,12-,14?/m0/s1. The van der Waals surface area contributed by atoms with Crippen LogP contribution in [0.5, 0.6) is 5.75 Å². The smallest absolute Gasteiger partial charge is 0.124 e. The van der Waals surface area contributed by atoms with Crippen LogP contribution in [0.3, 0.4) is 0 Å². The molecule has 3 nitrogen and oxygen atoms in total. The second kappa shape index (κ2) is 3.72. The Bertz CT molecular complexity index is 438. The second-order valence-corrected chi connectivity index (χ2v) is 5.40. The highest BCUT2D eigenvalue weighted by molar-refractivity contribution is 5.42. The molecular weight excluding hydrogens is 214 g/mol. The predicted octanol–water partition coefficient (Wildman–Crippen LogP) is 2.32. The van der Waals surface area contributed by atoms with Gasteiger partial charge in [-0.1, -0.05) is 17.7 Å². The first-order chi connectivity index (χ1) is 8.12. The number of aryl methyl sites for hydroxylation is 1. The summed E-state index contributed by atoms with van der Waals surface area (Å²) in [7, 11) is 1.76. The zero-order chi connectivity index (χ0) is 12.0. The summed E-state index contributed by atoms with van der Waals surface area (Å²) in [6, 6.07) is 6.36. The molecule has 2 N–H and O–H groups in total. The van der Waals surface area contributed by atoms with Gasteiger partial charge in [-0.25, -0.2) is 0 Å². The van der Waals surface area contributed by atoms with Gasteiger partial charge in [0.15, 0.2) is 0 Å². The van der Waals surface area contributed by atoms with Crippen molar-refractivity contribution in [3.63, 3.8) is 0 Å². The molecular formula is C14H19NO2. The summed E-state index contributed by atoms with van der Waals surface area (Å²) in [5.41, 5.74) is 8.59. The molecule has 1 saturated carbocycles. The van der Waals surface area contributed by atoms with Crippen LogP contribution in [0, 0.1) is 6.92 Å². The first kappa shape index (κ1) is 11.1. The summed E-state index contributed by atoms with van der Waals surface area (Å²) in [5, 5.41) is 0. The van der Waals surface area contributed by atoms with E-state index in [-0.39, 0.29) is 11.6 Å². The molecule has 0 bridgehead atoms. The molecule has 1 heterocycles. The SMILES string of the molecule is COC1CC2(C1)C[C@H](N)c1cc(C)ccc1O2. The quantitative estimate of drug-likeness (QED) is 0.809. The van der Waals surface area contributed by atoms with Crippen LogP contribution in [-0.4, -0.2) is 18.8 Å². The minimum atomic E-state index is -0.0671. The largest absolute Gasteiger partial charge is 0.487 e. The number of ether oxygens (including phenoxy) is 2. The van der Waals surface area contributed by atoms with Crippen LogP contribution < -0.4 is 10.5 Å². The molecule has 1 atom stereocenters. The lowest BCUT2D eigenvalue weighted by Crippen LogP contribution is -2.55. The third-order valence-electron chi connectivity index (χ3n) is 4.02. The van der Waals surface area contributed by atoms with Crippen LogP contribution >= 0.6 is 0 Å². The molecule has 1 aromatic rings. The Balaban J connectivity index is 1.87. The molecule has 1 aromatic carbocycles. The van der Waals surface area contributed by atoms with E-state index < -0.39 is 0 Å². The van der Waals surface area contributed by atoms with Crippen LogP contribution in [0.25, 0.3) is 0 Å². The van der Waals surface area contributed by atoms with Crippen LogP contribution in [0.2, 0.25) is 0 Å². The zero-order valence-corrected chi connectivity index (χ0v) is 10.4. The first-order valence-corrected chi connectivity index (χ1v) is 6.20. The van der Waals surface area contributed by atoms with Crippen molar-refractivity contribution in [2.24, 2.45) is 5.73 Å². The number of hydrogen-bond donors (Lipinski definition) is 1. The molecule has 1 aliphatic heterocycles. The maximum atomic E-state index is 6.27. The van der Waals surface area contributed by atoms with E-state index in [4.69, 9.17) is 15.2 Å². The van der Waals surface area contributed by atoms with E-state index in [1.807, 2.05) is 6.07 Å². The van der Waals surface area contributed by atoms with Gasteiger partial charge in [-0.05, 0) is 13.0 Å². The lowest BCUT2D eigenvalue weighted by Gasteiger charge is -2.50. The second-order valence-electron chi connectivity index (χ2n) is 5.40. The molecule has 3 heteroatoms. The Morgan fingerprint density at radius 3 is 2.82 bits per heavy atom. The van der Waals surface area contributed by atoms with Gasteiger partial charge in [0.05, 0.1) is 6.10 Å². The van der Waals surface area contributed by atoms with Crippen molar-refractivity contribution < 1.29 is 9.47 Å². The summed E-state index contributed by atoms with van der Waals surface area (Å²) in [6.45, 7) is 2.08. The Morgan fingerprint density at radius 2 is 2.12 bits per heavy atom. The Labute approximate surface area is 102 Å². The fourth-order valence-corrected chi connectivity index (χ4v) is 3.02. The molecule has 1 fully saturated rings. The van der Waals surface area contributed by atoms with Crippen molar-refractivity contribution >= 4 is 0 Å². The molecule has 0 amide bonds. The minimum absolute atomic E-state index is 0.0671. The Kier molecular flexibility index (Phi) is 2.42. The molecule has 0 unspecified atom stereocenters. The van der Waals surface area contributed by atoms with E-state index in [1.165, 1.54) is 5.56 Å². The van der Waals surface area contributed by atoms with Gasteiger partial charge in [-0.2, -0.15) is 0 Å². The van der Waals surface area contributed by atoms with Gasteiger partial charge in [0.1, 0.15) is 11.4 Å². The summed E-state index contributed by atoms with van der Waals surface area (Å²) in [6.07, 6.45) is 3.17. The molecule has 92 valence electrons. The van der Waals surface area contributed by atoms with Crippen LogP contribution in [0.1, 0.15) is 36.4 Å². The lowest BCUT2D eigenvalue weighted by atomic mass is 9.71. The number of nitrogens with two attached hydrogens (primary N) is 1. The van der Waals surface area contributed by atoms with E-state index in [1.54, 1.807) is 7.11 Å². The molecule has 0 radical (unpaired) electrons. The molecule has 17 heavy (non-hydrogen) atoms. The molecule has 0 saturated heterocycles. The number of rotatable bonds is 1. The average Bonchev–Trinajstić information content (AvgIpc) is 2.26. The lowest BCUT2D eigenvalue weighted by molar-refractivity contribution is -0.124. The molecule has 0 aromatic heterocycles. The molecule has 1 spiro atoms. The number of fused-ring (bicyclic) bond motifs is 1. The zero-order valence-electron chi connectivity index (χ0n) is 10.4. The third-order valence-corrected chi connectivity index (χ3v) is 4.02. The van der Waals surface area contributed by atoms with E-state index >= 15 is 0 Å². The van der Waals surface area contributed by atoms with Gasteiger partial charge >= 0.3 is 0 Å². The highest BCUT2D eigenvalue weighted by Gasteiger charge is 2.50. The van der Waals surface area contributed by atoms with Crippen LogP contribution in [-0.2, 0) is 4.74 Å². The van der Waals surface area contributed by atoms with Gasteiger partial charge in [0.2, 0.25) is 0 Å². The number of benzene rings is 1. The average molecular weight is 233 g/mol. The molecule has 3 rings (SSSR count). The topological polar surface area (TPSA) is 44.5 Å². The summed E-state index contributed by atoms with van der Waals surface area (Å²) >= 11 is 0. The van der Waals surface area contributed by atoms with E-state index in [9.17, 15) is 0 Å². The predicted molar refractivity (Wildman–Crippen MR) is 66.1 cm³/mol. The number of hydrogen-bond acceptors (Lipinski definition) is 3.